The van der Waals surface area contributed by atoms with Crippen molar-refractivity contribution < 1.29 is 28.6 Å². The Morgan fingerprint density at radius 1 is 1.05 bits per heavy atom. The molecule has 12 heteroatoms. The number of carboxylic acids is 1. The minimum Gasteiger partial charge on any atom is -0.481 e. The van der Waals surface area contributed by atoms with E-state index in [1.807, 2.05) is 6.07 Å². The van der Waals surface area contributed by atoms with Crippen LogP contribution in [0.15, 0.2) is 54.9 Å². The Morgan fingerprint density at radius 3 is 2.63 bits per heavy atom. The predicted molar refractivity (Wildman–Crippen MR) is 151 cm³/mol. The van der Waals surface area contributed by atoms with Crippen molar-refractivity contribution >= 4 is 45.1 Å². The number of aromatic nitrogens is 2. The van der Waals surface area contributed by atoms with E-state index >= 15 is 0 Å². The van der Waals surface area contributed by atoms with Gasteiger partial charge in [-0.3, -0.25) is 19.6 Å². The molecule has 2 fully saturated rings. The number of fused-ring (bicyclic) bond motifs is 1. The third-order valence-corrected chi connectivity index (χ3v) is 8.18. The molecule has 1 atom stereocenters. The van der Waals surface area contributed by atoms with Gasteiger partial charge in [0.1, 0.15) is 5.75 Å². The summed E-state index contributed by atoms with van der Waals surface area (Å²) in [5.74, 6) is -1.88. The third-order valence-electron chi connectivity index (χ3n) is 7.02. The lowest BCUT2D eigenvalue weighted by Gasteiger charge is -2.30. The second kappa shape index (κ2) is 11.1. The fourth-order valence-corrected chi connectivity index (χ4v) is 5.74. The average Bonchev–Trinajstić information content (AvgIpc) is 3.67. The van der Waals surface area contributed by atoms with Crippen LogP contribution in [0.5, 0.6) is 11.5 Å². The zero-order valence-electron chi connectivity index (χ0n) is 21.8. The lowest BCUT2D eigenvalue weighted by atomic mass is 9.98. The molecule has 1 unspecified atom stereocenters. The number of carbonyl (C=O) groups is 3. The summed E-state index contributed by atoms with van der Waals surface area (Å²) in [7, 11) is 0. The Labute approximate surface area is 238 Å². The van der Waals surface area contributed by atoms with Crippen LogP contribution in [0, 0.1) is 11.7 Å². The van der Waals surface area contributed by atoms with Crippen LogP contribution < -0.4 is 15.4 Å². The van der Waals surface area contributed by atoms with Gasteiger partial charge in [-0.2, -0.15) is 0 Å². The summed E-state index contributed by atoms with van der Waals surface area (Å²) in [5, 5.41) is 14.7. The fraction of sp³-hybridized carbons (Fsp3) is 0.276. The molecule has 3 N–H and O–H groups in total. The number of amides is 3. The number of pyridine rings is 2. The molecule has 210 valence electrons. The van der Waals surface area contributed by atoms with E-state index in [-0.39, 0.29) is 30.3 Å². The monoisotopic (exact) mass is 575 g/mol. The molecule has 4 aromatic rings. The Kier molecular flexibility index (Phi) is 7.23. The van der Waals surface area contributed by atoms with Crippen LogP contribution >= 0.6 is 11.3 Å². The minimum absolute atomic E-state index is 0.00411. The van der Waals surface area contributed by atoms with Crippen LogP contribution in [0.1, 0.15) is 36.0 Å². The lowest BCUT2D eigenvalue weighted by Crippen LogP contribution is -2.42. The maximum absolute atomic E-state index is 14.9. The van der Waals surface area contributed by atoms with Crippen molar-refractivity contribution in [1.29, 1.82) is 0 Å². The van der Waals surface area contributed by atoms with Crippen LogP contribution in [-0.4, -0.2) is 57.0 Å². The number of rotatable bonds is 7. The van der Waals surface area contributed by atoms with Crippen molar-refractivity contribution in [3.8, 4) is 22.1 Å². The number of halogens is 1. The van der Waals surface area contributed by atoms with Crippen molar-refractivity contribution in [3.05, 3.63) is 66.2 Å². The van der Waals surface area contributed by atoms with Gasteiger partial charge in [-0.25, -0.2) is 9.18 Å². The smallest absolute Gasteiger partial charge is 0.319 e. The van der Waals surface area contributed by atoms with Gasteiger partial charge in [0, 0.05) is 49.3 Å². The van der Waals surface area contributed by atoms with E-state index in [9.17, 15) is 23.9 Å². The van der Waals surface area contributed by atoms with Gasteiger partial charge >= 0.3 is 12.0 Å². The van der Waals surface area contributed by atoms with Crippen LogP contribution in [-0.2, 0) is 4.79 Å². The predicted octanol–water partition coefficient (Wildman–Crippen LogP) is 5.51. The highest BCUT2D eigenvalue weighted by molar-refractivity contribution is 7.22. The number of aliphatic carboxylic acids is 1. The number of hydrogen-bond acceptors (Lipinski definition) is 7. The van der Waals surface area contributed by atoms with Crippen LogP contribution in [0.25, 0.3) is 20.8 Å². The van der Waals surface area contributed by atoms with Crippen LogP contribution in [0.4, 0.5) is 14.9 Å². The van der Waals surface area contributed by atoms with E-state index in [2.05, 4.69) is 20.6 Å². The Hall–Kier alpha value is -4.58. The zero-order valence-corrected chi connectivity index (χ0v) is 22.6. The van der Waals surface area contributed by atoms with Gasteiger partial charge < -0.3 is 25.4 Å². The number of thiophene rings is 1. The summed E-state index contributed by atoms with van der Waals surface area (Å²) < 4.78 is 21.5. The fourth-order valence-electron chi connectivity index (χ4n) is 4.69. The number of benzene rings is 1. The van der Waals surface area contributed by atoms with Gasteiger partial charge in [0.2, 0.25) is 0 Å². The molecule has 1 saturated carbocycles. The highest BCUT2D eigenvalue weighted by Gasteiger charge is 2.29. The Balaban J connectivity index is 1.17. The molecule has 6 rings (SSSR count). The van der Waals surface area contributed by atoms with E-state index in [4.69, 9.17) is 4.74 Å². The number of nitrogens with zero attached hydrogens (tertiary/aromatic N) is 3. The lowest BCUT2D eigenvalue weighted by molar-refractivity contribution is -0.143. The Bertz CT molecular complexity index is 1640. The van der Waals surface area contributed by atoms with Crippen molar-refractivity contribution in [2.24, 2.45) is 5.92 Å². The SMILES string of the molecule is O=C(Nc1ccc(Oc2ccnc3cc(-c4ccc(C(=O)N5CCCC(C(=O)O)C5)cn4)sc23)c(F)c1)NC1CC1. The first-order valence-electron chi connectivity index (χ1n) is 13.3. The molecular weight excluding hydrogens is 549 g/mol. The summed E-state index contributed by atoms with van der Waals surface area (Å²) >= 11 is 1.37. The third kappa shape index (κ3) is 5.97. The van der Waals surface area contributed by atoms with Gasteiger partial charge in [-0.15, -0.1) is 11.3 Å². The maximum Gasteiger partial charge on any atom is 0.319 e. The number of ether oxygens (including phenoxy) is 1. The van der Waals surface area contributed by atoms with Gasteiger partial charge in [0.15, 0.2) is 11.6 Å². The first-order chi connectivity index (χ1) is 19.8. The molecular formula is C29H26FN5O5S. The molecule has 1 saturated heterocycles. The number of urea groups is 1. The molecule has 1 aliphatic carbocycles. The summed E-state index contributed by atoms with van der Waals surface area (Å²) in [4.78, 5) is 47.5. The van der Waals surface area contributed by atoms with E-state index in [0.717, 1.165) is 17.7 Å². The normalized spacial score (nSPS) is 16.8. The number of carboxylic acid groups (broad SMARTS) is 1. The first-order valence-corrected chi connectivity index (χ1v) is 14.1. The molecule has 0 radical (unpaired) electrons. The maximum atomic E-state index is 14.9. The van der Waals surface area contributed by atoms with Crippen molar-refractivity contribution in [1.82, 2.24) is 20.2 Å². The highest BCUT2D eigenvalue weighted by atomic mass is 32.1. The van der Waals surface area contributed by atoms with Crippen molar-refractivity contribution in [3.63, 3.8) is 0 Å². The standard InChI is InChI=1S/C29H26FN5O5S/c30-20-12-19(34-29(39)33-18-4-5-18)6-8-23(20)40-24-9-10-31-22-13-25(41-26(22)24)21-7-3-16(14-32-21)27(36)35-11-1-2-17(15-35)28(37)38/h3,6-10,12-14,17-18H,1-2,4-5,11,15H2,(H,37,38)(H2,33,34,39). The number of hydrogen-bond donors (Lipinski definition) is 3. The van der Waals surface area contributed by atoms with Crippen molar-refractivity contribution in [2.45, 2.75) is 31.7 Å². The molecule has 41 heavy (non-hydrogen) atoms. The molecule has 10 nitrogen and oxygen atoms in total. The molecule has 3 aromatic heterocycles. The summed E-state index contributed by atoms with van der Waals surface area (Å²) in [6.07, 6.45) is 6.19. The minimum atomic E-state index is -0.886. The van der Waals surface area contributed by atoms with Crippen LogP contribution in [0.2, 0.25) is 0 Å². The Morgan fingerprint density at radius 2 is 1.90 bits per heavy atom. The van der Waals surface area contributed by atoms with E-state index < -0.39 is 17.7 Å². The van der Waals surface area contributed by atoms with E-state index in [0.29, 0.717) is 52.3 Å². The topological polar surface area (TPSA) is 134 Å². The molecule has 2 aliphatic rings. The summed E-state index contributed by atoms with van der Waals surface area (Å²) in [6, 6.07) is 11.0. The summed E-state index contributed by atoms with van der Waals surface area (Å²) in [5.41, 5.74) is 1.99. The number of nitrogens with one attached hydrogen (secondary N) is 2. The molecule has 1 aliphatic heterocycles. The number of likely N-dealkylation sites (tertiary alicyclic amines) is 1. The van der Waals surface area contributed by atoms with Crippen LogP contribution in [0.3, 0.4) is 0 Å². The van der Waals surface area contributed by atoms with Crippen molar-refractivity contribution in [2.75, 3.05) is 18.4 Å². The molecule has 3 amide bonds. The van der Waals surface area contributed by atoms with Gasteiger partial charge in [0.25, 0.3) is 5.91 Å². The number of carbonyl (C=O) groups excluding carboxylic acids is 2. The quantitative estimate of drug-likeness (QED) is 0.265. The molecule has 0 spiro atoms. The first kappa shape index (κ1) is 26.6. The van der Waals surface area contributed by atoms with Gasteiger partial charge in [0.05, 0.1) is 32.3 Å². The molecule has 1 aromatic carbocycles. The molecule has 0 bridgehead atoms. The van der Waals surface area contributed by atoms with E-state index in [1.54, 1.807) is 35.4 Å². The molecule has 4 heterocycles. The largest absolute Gasteiger partial charge is 0.481 e. The summed E-state index contributed by atoms with van der Waals surface area (Å²) in [6.45, 7) is 0.709. The second-order valence-corrected chi connectivity index (χ2v) is 11.2. The number of anilines is 1. The van der Waals surface area contributed by atoms with Gasteiger partial charge in [-0.1, -0.05) is 0 Å². The van der Waals surface area contributed by atoms with E-state index in [1.165, 1.54) is 29.7 Å². The zero-order chi connectivity index (χ0) is 28.5. The average molecular weight is 576 g/mol. The highest BCUT2D eigenvalue weighted by Crippen LogP contribution is 2.39. The van der Waals surface area contributed by atoms with Gasteiger partial charge in [-0.05, 0) is 56.0 Å². The second-order valence-electron chi connectivity index (χ2n) is 10.1. The number of piperidine rings is 1.